The van der Waals surface area contributed by atoms with Crippen LogP contribution < -0.4 is 0 Å². The van der Waals surface area contributed by atoms with Crippen LogP contribution in [0.3, 0.4) is 0 Å². The van der Waals surface area contributed by atoms with Gasteiger partial charge < -0.3 is 14.5 Å². The minimum Gasteiger partial charge on any atom is -0.444 e. The van der Waals surface area contributed by atoms with E-state index in [1.54, 1.807) is 4.90 Å². The van der Waals surface area contributed by atoms with E-state index in [1.807, 2.05) is 69.3 Å². The van der Waals surface area contributed by atoms with Gasteiger partial charge in [-0.2, -0.15) is 5.26 Å². The molecule has 6 heteroatoms. The molecule has 4 rings (SSSR count). The molecule has 34 heavy (non-hydrogen) atoms. The van der Waals surface area contributed by atoms with Crippen LogP contribution >= 0.6 is 0 Å². The van der Waals surface area contributed by atoms with Gasteiger partial charge in [0.1, 0.15) is 5.60 Å². The van der Waals surface area contributed by atoms with E-state index in [-0.39, 0.29) is 18.0 Å². The molecule has 0 atom stereocenters. The molecule has 0 unspecified atom stereocenters. The number of ether oxygens (including phenoxy) is 1. The van der Waals surface area contributed by atoms with Gasteiger partial charge in [0, 0.05) is 30.7 Å². The molecule has 2 aromatic carbocycles. The number of hydrogen-bond acceptors (Lipinski definition) is 4. The van der Waals surface area contributed by atoms with Crippen LogP contribution in [0.25, 0.3) is 11.1 Å². The summed E-state index contributed by atoms with van der Waals surface area (Å²) in [6.07, 6.45) is 3.77. The van der Waals surface area contributed by atoms with Crippen molar-refractivity contribution < 1.29 is 14.3 Å². The predicted molar refractivity (Wildman–Crippen MR) is 131 cm³/mol. The first kappa shape index (κ1) is 23.8. The fraction of sp³-hybridized carbons (Fsp3) is 0.464. The van der Waals surface area contributed by atoms with Crippen LogP contribution in [0, 0.1) is 11.3 Å². The molecular formula is C28H33N3O3. The van der Waals surface area contributed by atoms with Crippen molar-refractivity contribution in [2.24, 2.45) is 0 Å². The highest BCUT2D eigenvalue weighted by atomic mass is 16.6. The number of likely N-dealkylation sites (tertiary alicyclic amines) is 1. The first-order valence-electron chi connectivity index (χ1n) is 12.1. The molecule has 178 valence electrons. The minimum atomic E-state index is -0.505. The molecule has 6 nitrogen and oxygen atoms in total. The van der Waals surface area contributed by atoms with Crippen molar-refractivity contribution in [3.05, 3.63) is 59.7 Å². The molecule has 0 aromatic heterocycles. The van der Waals surface area contributed by atoms with E-state index in [9.17, 15) is 9.59 Å². The van der Waals surface area contributed by atoms with E-state index >= 15 is 0 Å². The third-order valence-corrected chi connectivity index (χ3v) is 6.39. The number of nitrogens with zero attached hydrogens (tertiary/aromatic N) is 3. The molecule has 0 spiro atoms. The fourth-order valence-corrected chi connectivity index (χ4v) is 4.50. The summed E-state index contributed by atoms with van der Waals surface area (Å²) in [6, 6.07) is 18.4. The number of carbonyl (C=O) groups is 2. The van der Waals surface area contributed by atoms with Crippen molar-refractivity contribution in [2.45, 2.75) is 70.6 Å². The van der Waals surface area contributed by atoms with Crippen molar-refractivity contribution >= 4 is 12.0 Å². The molecule has 2 fully saturated rings. The Bertz CT molecular complexity index is 1050. The molecule has 0 bridgehead atoms. The van der Waals surface area contributed by atoms with Gasteiger partial charge in [0.25, 0.3) is 5.91 Å². The zero-order valence-corrected chi connectivity index (χ0v) is 20.3. The number of piperidine rings is 1. The number of rotatable bonds is 5. The average molecular weight is 460 g/mol. The Morgan fingerprint density at radius 2 is 1.47 bits per heavy atom. The summed E-state index contributed by atoms with van der Waals surface area (Å²) in [6.45, 7) is 6.84. The van der Waals surface area contributed by atoms with Crippen LogP contribution in [-0.2, 0) is 11.2 Å². The first-order chi connectivity index (χ1) is 16.2. The lowest BCUT2D eigenvalue weighted by Gasteiger charge is -2.39. The summed E-state index contributed by atoms with van der Waals surface area (Å²) in [7, 11) is 0. The van der Waals surface area contributed by atoms with Gasteiger partial charge in [-0.3, -0.25) is 4.79 Å². The highest BCUT2D eigenvalue weighted by Crippen LogP contribution is 2.34. The maximum Gasteiger partial charge on any atom is 0.410 e. The second kappa shape index (κ2) is 9.89. The van der Waals surface area contributed by atoms with Crippen molar-refractivity contribution in [3.8, 4) is 17.2 Å². The molecule has 0 N–H and O–H groups in total. The number of nitriles is 1. The van der Waals surface area contributed by atoms with Crippen LogP contribution in [0.1, 0.15) is 62.4 Å². The summed E-state index contributed by atoms with van der Waals surface area (Å²) in [5.41, 5.74) is 3.30. The standard InChI is InChI=1S/C28H33N3O3/c1-28(2,3)34-27(33)30-18-15-25(16-19-30)31(24-12-13-24)26(32)23-10-8-22(9-11-23)21-6-4-20(5-7-21)14-17-29/h4-11,24-25H,12-16,18-19H2,1-3H3. The predicted octanol–water partition coefficient (Wildman–Crippen LogP) is 5.42. The van der Waals surface area contributed by atoms with Crippen LogP contribution in [0.5, 0.6) is 0 Å². The van der Waals surface area contributed by atoms with Crippen molar-refractivity contribution in [3.63, 3.8) is 0 Å². The Balaban J connectivity index is 1.41. The highest BCUT2D eigenvalue weighted by molar-refractivity contribution is 5.95. The molecule has 2 aliphatic rings. The second-order valence-corrected chi connectivity index (χ2v) is 10.3. The molecular weight excluding hydrogens is 426 g/mol. The molecule has 1 saturated carbocycles. The number of benzene rings is 2. The van der Waals surface area contributed by atoms with Crippen LogP contribution in [0.15, 0.2) is 48.5 Å². The van der Waals surface area contributed by atoms with Gasteiger partial charge in [0.15, 0.2) is 0 Å². The average Bonchev–Trinajstić information content (AvgIpc) is 3.64. The molecule has 1 saturated heterocycles. The van der Waals surface area contributed by atoms with Crippen LogP contribution in [0.2, 0.25) is 0 Å². The Hall–Kier alpha value is -3.33. The molecule has 2 amide bonds. The lowest BCUT2D eigenvalue weighted by molar-refractivity contribution is 0.0142. The molecule has 1 aliphatic carbocycles. The fourth-order valence-electron chi connectivity index (χ4n) is 4.50. The Morgan fingerprint density at radius 1 is 0.941 bits per heavy atom. The van der Waals surface area contributed by atoms with Gasteiger partial charge in [-0.15, -0.1) is 0 Å². The lowest BCUT2D eigenvalue weighted by atomic mass is 9.99. The minimum absolute atomic E-state index is 0.0779. The highest BCUT2D eigenvalue weighted by Gasteiger charge is 2.39. The summed E-state index contributed by atoms with van der Waals surface area (Å²) in [5.74, 6) is 0.0779. The SMILES string of the molecule is CC(C)(C)OC(=O)N1CCC(N(C(=O)c2ccc(-c3ccc(CC#N)cc3)cc2)C2CC2)CC1. The van der Waals surface area contributed by atoms with Gasteiger partial charge in [0.05, 0.1) is 12.5 Å². The normalized spacial score (nSPS) is 16.6. The molecule has 1 aliphatic heterocycles. The smallest absolute Gasteiger partial charge is 0.410 e. The first-order valence-corrected chi connectivity index (χ1v) is 12.1. The largest absolute Gasteiger partial charge is 0.444 e. The zero-order valence-electron chi connectivity index (χ0n) is 20.3. The summed E-state index contributed by atoms with van der Waals surface area (Å²) in [4.78, 5) is 29.7. The molecule has 0 radical (unpaired) electrons. The van der Waals surface area contributed by atoms with E-state index < -0.39 is 5.60 Å². The Morgan fingerprint density at radius 3 is 1.97 bits per heavy atom. The van der Waals surface area contributed by atoms with Gasteiger partial charge in [0.2, 0.25) is 0 Å². The summed E-state index contributed by atoms with van der Waals surface area (Å²) in [5, 5.41) is 8.84. The third-order valence-electron chi connectivity index (χ3n) is 6.39. The van der Waals surface area contributed by atoms with Crippen molar-refractivity contribution in [1.82, 2.24) is 9.80 Å². The Labute approximate surface area is 202 Å². The topological polar surface area (TPSA) is 73.6 Å². The maximum absolute atomic E-state index is 13.5. The van der Waals surface area contributed by atoms with Crippen molar-refractivity contribution in [1.29, 1.82) is 5.26 Å². The van der Waals surface area contributed by atoms with E-state index in [1.165, 1.54) is 0 Å². The van der Waals surface area contributed by atoms with Crippen LogP contribution in [-0.4, -0.2) is 52.6 Å². The number of hydrogen-bond donors (Lipinski definition) is 0. The van der Waals surface area contributed by atoms with E-state index in [0.29, 0.717) is 31.1 Å². The van der Waals surface area contributed by atoms with E-state index in [0.717, 1.165) is 42.4 Å². The second-order valence-electron chi connectivity index (χ2n) is 10.3. The monoisotopic (exact) mass is 459 g/mol. The third kappa shape index (κ3) is 5.77. The summed E-state index contributed by atoms with van der Waals surface area (Å²) < 4.78 is 5.51. The van der Waals surface area contributed by atoms with Gasteiger partial charge in [-0.1, -0.05) is 36.4 Å². The van der Waals surface area contributed by atoms with E-state index in [4.69, 9.17) is 10.00 Å². The maximum atomic E-state index is 13.5. The zero-order chi connectivity index (χ0) is 24.3. The van der Waals surface area contributed by atoms with Gasteiger partial charge in [-0.25, -0.2) is 4.79 Å². The quantitative estimate of drug-likeness (QED) is 0.598. The lowest BCUT2D eigenvalue weighted by Crippen LogP contribution is -2.50. The molecule has 1 heterocycles. The van der Waals surface area contributed by atoms with Crippen LogP contribution in [0.4, 0.5) is 4.79 Å². The summed E-state index contributed by atoms with van der Waals surface area (Å²) >= 11 is 0. The van der Waals surface area contributed by atoms with Crippen molar-refractivity contribution in [2.75, 3.05) is 13.1 Å². The Kier molecular flexibility index (Phi) is 6.92. The molecule has 2 aromatic rings. The van der Waals surface area contributed by atoms with Gasteiger partial charge in [-0.05, 0) is 75.3 Å². The number of carbonyl (C=O) groups excluding carboxylic acids is 2. The van der Waals surface area contributed by atoms with E-state index in [2.05, 4.69) is 11.0 Å². The number of amides is 2. The van der Waals surface area contributed by atoms with Gasteiger partial charge >= 0.3 is 6.09 Å².